The van der Waals surface area contributed by atoms with Crippen molar-refractivity contribution in [1.29, 1.82) is 0 Å². The van der Waals surface area contributed by atoms with Gasteiger partial charge in [-0.15, -0.1) is 0 Å². The normalized spacial score (nSPS) is 18.2. The van der Waals surface area contributed by atoms with Gasteiger partial charge in [-0.3, -0.25) is 14.5 Å². The third kappa shape index (κ3) is 4.44. The maximum Gasteiger partial charge on any atom is 0.290 e. The average molecular weight is 543 g/mol. The van der Waals surface area contributed by atoms with Crippen LogP contribution in [0.5, 0.6) is 11.5 Å². The second kappa shape index (κ2) is 10.0. The molecule has 0 saturated carbocycles. The van der Waals surface area contributed by atoms with Gasteiger partial charge in [-0.2, -0.15) is 0 Å². The van der Waals surface area contributed by atoms with Gasteiger partial charge >= 0.3 is 0 Å². The molecule has 9 heteroatoms. The van der Waals surface area contributed by atoms with Gasteiger partial charge in [0.1, 0.15) is 5.58 Å². The number of hydrogen-bond donors (Lipinski definition) is 0. The van der Waals surface area contributed by atoms with Crippen LogP contribution in [0.15, 0.2) is 50.1 Å². The molecule has 35 heavy (non-hydrogen) atoms. The number of benzene rings is 2. The van der Waals surface area contributed by atoms with Crippen LogP contribution < -0.4 is 14.9 Å². The van der Waals surface area contributed by atoms with Gasteiger partial charge in [-0.1, -0.05) is 22.0 Å². The number of rotatable bonds is 7. The summed E-state index contributed by atoms with van der Waals surface area (Å²) in [6, 6.07) is 10.2. The third-order valence-electron chi connectivity index (χ3n) is 6.49. The molecule has 1 unspecified atom stereocenters. The summed E-state index contributed by atoms with van der Waals surface area (Å²) in [5, 5.41) is 0.434. The lowest BCUT2D eigenvalue weighted by atomic mass is 9.98. The van der Waals surface area contributed by atoms with Crippen LogP contribution in [0, 0.1) is 0 Å². The Morgan fingerprint density at radius 1 is 1.06 bits per heavy atom. The van der Waals surface area contributed by atoms with Gasteiger partial charge in [0.05, 0.1) is 43.9 Å². The number of nitrogens with zero attached hydrogens (tertiary/aromatic N) is 2. The highest BCUT2D eigenvalue weighted by Crippen LogP contribution is 2.41. The average Bonchev–Trinajstić information content (AvgIpc) is 3.16. The monoisotopic (exact) mass is 542 g/mol. The lowest BCUT2D eigenvalue weighted by Gasteiger charge is -2.31. The Kier molecular flexibility index (Phi) is 6.82. The zero-order chi connectivity index (χ0) is 24.5. The zero-order valence-corrected chi connectivity index (χ0v) is 21.3. The van der Waals surface area contributed by atoms with E-state index < -0.39 is 6.04 Å². The van der Waals surface area contributed by atoms with Crippen LogP contribution in [0.1, 0.15) is 34.6 Å². The highest BCUT2D eigenvalue weighted by Gasteiger charge is 2.43. The molecule has 2 aliphatic heterocycles. The van der Waals surface area contributed by atoms with Crippen molar-refractivity contribution in [2.75, 3.05) is 53.1 Å². The van der Waals surface area contributed by atoms with E-state index in [2.05, 4.69) is 20.8 Å². The van der Waals surface area contributed by atoms with Crippen LogP contribution in [0.3, 0.4) is 0 Å². The van der Waals surface area contributed by atoms with E-state index in [0.717, 1.165) is 23.1 Å². The van der Waals surface area contributed by atoms with E-state index in [9.17, 15) is 9.59 Å². The van der Waals surface area contributed by atoms with Crippen LogP contribution in [-0.4, -0.2) is 68.8 Å². The molecule has 0 aliphatic carbocycles. The lowest BCUT2D eigenvalue weighted by Crippen LogP contribution is -2.42. The Labute approximate surface area is 211 Å². The Hall–Kier alpha value is -2.88. The van der Waals surface area contributed by atoms with E-state index in [-0.39, 0.29) is 17.1 Å². The Balaban J connectivity index is 1.62. The zero-order valence-electron chi connectivity index (χ0n) is 19.7. The molecule has 8 nitrogen and oxygen atoms in total. The van der Waals surface area contributed by atoms with Crippen molar-refractivity contribution in [3.63, 3.8) is 0 Å². The number of methoxy groups -OCH3 is 1. The number of carbonyl (C=O) groups excluding carboxylic acids is 1. The molecule has 0 spiro atoms. The molecular weight excluding hydrogens is 516 g/mol. The Morgan fingerprint density at radius 3 is 2.60 bits per heavy atom. The Morgan fingerprint density at radius 2 is 1.86 bits per heavy atom. The molecule has 2 aliphatic rings. The van der Waals surface area contributed by atoms with Gasteiger partial charge < -0.3 is 23.5 Å². The lowest BCUT2D eigenvalue weighted by molar-refractivity contribution is 0.0314. The number of hydrogen-bond acceptors (Lipinski definition) is 7. The minimum absolute atomic E-state index is 0.102. The summed E-state index contributed by atoms with van der Waals surface area (Å²) in [6.07, 6.45) is 0. The largest absolute Gasteiger partial charge is 0.493 e. The van der Waals surface area contributed by atoms with Gasteiger partial charge in [0.2, 0.25) is 5.76 Å². The number of fused-ring (bicyclic) bond motifs is 2. The SMILES string of the molecule is CCOc1ccc(C2c3c(oc4ccc(Br)cc4c3=O)C(=O)N2CCN2CCOCC2)cc1OC. The number of ether oxygens (including phenoxy) is 3. The van der Waals surface area contributed by atoms with Gasteiger partial charge in [0.15, 0.2) is 16.9 Å². The number of halogens is 1. The fourth-order valence-corrected chi connectivity index (χ4v) is 5.13. The van der Waals surface area contributed by atoms with Crippen molar-refractivity contribution in [2.24, 2.45) is 0 Å². The van der Waals surface area contributed by atoms with Crippen LogP contribution >= 0.6 is 15.9 Å². The molecule has 1 amide bonds. The topological polar surface area (TPSA) is 81.5 Å². The maximum absolute atomic E-state index is 13.7. The molecule has 1 saturated heterocycles. The van der Waals surface area contributed by atoms with E-state index in [4.69, 9.17) is 18.6 Å². The van der Waals surface area contributed by atoms with Crippen LogP contribution in [0.4, 0.5) is 0 Å². The molecular formula is C26H27BrN2O6. The summed E-state index contributed by atoms with van der Waals surface area (Å²) >= 11 is 3.44. The number of amides is 1. The highest BCUT2D eigenvalue weighted by atomic mass is 79.9. The van der Waals surface area contributed by atoms with Gasteiger partial charge in [-0.05, 0) is 42.8 Å². The molecule has 5 rings (SSSR count). The first-order valence-electron chi connectivity index (χ1n) is 11.7. The minimum atomic E-state index is -0.595. The summed E-state index contributed by atoms with van der Waals surface area (Å²) < 4.78 is 23.5. The quantitative estimate of drug-likeness (QED) is 0.448. The van der Waals surface area contributed by atoms with Crippen LogP contribution in [0.25, 0.3) is 11.0 Å². The highest BCUT2D eigenvalue weighted by molar-refractivity contribution is 9.10. The van der Waals surface area contributed by atoms with Crippen molar-refractivity contribution < 1.29 is 23.4 Å². The molecule has 1 atom stereocenters. The smallest absolute Gasteiger partial charge is 0.290 e. The molecule has 1 fully saturated rings. The number of morpholine rings is 1. The first-order valence-corrected chi connectivity index (χ1v) is 12.5. The van der Waals surface area contributed by atoms with Crippen molar-refractivity contribution in [3.05, 3.63) is 68.0 Å². The summed E-state index contributed by atoms with van der Waals surface area (Å²) in [6.45, 7) is 6.49. The molecule has 0 radical (unpaired) electrons. The fourth-order valence-electron chi connectivity index (χ4n) is 4.77. The summed E-state index contributed by atoms with van der Waals surface area (Å²) in [7, 11) is 1.57. The molecule has 2 aromatic carbocycles. The predicted molar refractivity (Wildman–Crippen MR) is 134 cm³/mol. The third-order valence-corrected chi connectivity index (χ3v) is 6.99. The predicted octanol–water partition coefficient (Wildman–Crippen LogP) is 3.84. The summed E-state index contributed by atoms with van der Waals surface area (Å²) in [5.74, 6) is 0.974. The maximum atomic E-state index is 13.7. The number of carbonyl (C=O) groups is 1. The van der Waals surface area contributed by atoms with E-state index >= 15 is 0 Å². The second-order valence-electron chi connectivity index (χ2n) is 8.51. The van der Waals surface area contributed by atoms with Gasteiger partial charge in [0, 0.05) is 30.7 Å². The van der Waals surface area contributed by atoms with Crippen molar-refractivity contribution in [1.82, 2.24) is 9.80 Å². The molecule has 184 valence electrons. The van der Waals surface area contributed by atoms with E-state index in [1.54, 1.807) is 30.2 Å². The molecule has 3 heterocycles. The van der Waals surface area contributed by atoms with Crippen molar-refractivity contribution in [2.45, 2.75) is 13.0 Å². The minimum Gasteiger partial charge on any atom is -0.493 e. The van der Waals surface area contributed by atoms with E-state index in [1.165, 1.54) is 0 Å². The van der Waals surface area contributed by atoms with Crippen molar-refractivity contribution in [3.8, 4) is 11.5 Å². The molecule has 0 bridgehead atoms. The van der Waals surface area contributed by atoms with Crippen LogP contribution in [0.2, 0.25) is 0 Å². The van der Waals surface area contributed by atoms with E-state index in [1.807, 2.05) is 25.1 Å². The van der Waals surface area contributed by atoms with Crippen LogP contribution in [-0.2, 0) is 4.74 Å². The second-order valence-corrected chi connectivity index (χ2v) is 9.43. The standard InChI is InChI=1S/C26H27BrN2O6/c1-3-34-20-6-4-16(14-21(20)32-2)23-22-24(30)18-15-17(27)5-7-19(18)35-25(22)26(31)29(23)9-8-28-10-12-33-13-11-28/h4-7,14-15,23H,3,8-13H2,1-2H3. The summed E-state index contributed by atoms with van der Waals surface area (Å²) in [5.41, 5.74) is 1.31. The first-order chi connectivity index (χ1) is 17.0. The molecule has 0 N–H and O–H groups in total. The molecule has 1 aromatic heterocycles. The molecule has 3 aromatic rings. The Bertz CT molecular complexity index is 1320. The fraction of sp³-hybridized carbons (Fsp3) is 0.385. The van der Waals surface area contributed by atoms with Crippen molar-refractivity contribution >= 4 is 32.8 Å². The van der Waals surface area contributed by atoms with Gasteiger partial charge in [-0.25, -0.2) is 0 Å². The van der Waals surface area contributed by atoms with E-state index in [0.29, 0.717) is 60.9 Å². The first kappa shape index (κ1) is 23.8. The van der Waals surface area contributed by atoms with Gasteiger partial charge in [0.25, 0.3) is 5.91 Å². The summed E-state index contributed by atoms with van der Waals surface area (Å²) in [4.78, 5) is 31.4.